The van der Waals surface area contributed by atoms with Crippen LogP contribution in [-0.2, 0) is 5.67 Å². The second-order valence-electron chi connectivity index (χ2n) is 6.64. The van der Waals surface area contributed by atoms with Crippen LogP contribution in [0.3, 0.4) is 0 Å². The summed E-state index contributed by atoms with van der Waals surface area (Å²) in [5, 5.41) is 0. The van der Waals surface area contributed by atoms with Crippen molar-refractivity contribution in [1.29, 1.82) is 0 Å². The van der Waals surface area contributed by atoms with Crippen LogP contribution in [0.5, 0.6) is 0 Å². The number of anilines is 2. The minimum absolute atomic E-state index is 0.0738. The first-order valence-electron chi connectivity index (χ1n) is 8.03. The first-order chi connectivity index (χ1) is 12.2. The first-order valence-corrected chi connectivity index (χ1v) is 8.03. The maximum absolute atomic E-state index is 16.1. The Morgan fingerprint density at radius 2 is 0.926 bits per heavy atom. The monoisotopic (exact) mass is 390 g/mol. The van der Waals surface area contributed by atoms with Gasteiger partial charge in [0.05, 0.1) is 0 Å². The van der Waals surface area contributed by atoms with Crippen LogP contribution in [0, 0.1) is 27.7 Å². The molecule has 2 rings (SSSR count). The van der Waals surface area contributed by atoms with Crippen LogP contribution < -0.4 is 11.5 Å². The van der Waals surface area contributed by atoms with Crippen molar-refractivity contribution in [2.45, 2.75) is 45.5 Å². The van der Waals surface area contributed by atoms with Crippen LogP contribution >= 0.6 is 0 Å². The van der Waals surface area contributed by atoms with Gasteiger partial charge in [-0.3, -0.25) is 0 Å². The van der Waals surface area contributed by atoms with Gasteiger partial charge in [0.15, 0.2) is 0 Å². The van der Waals surface area contributed by atoms with E-state index in [2.05, 4.69) is 0 Å². The third kappa shape index (κ3) is 2.91. The van der Waals surface area contributed by atoms with Gasteiger partial charge < -0.3 is 11.5 Å². The van der Waals surface area contributed by atoms with Gasteiger partial charge in [-0.2, -0.15) is 22.0 Å². The Labute approximate surface area is 153 Å². The summed E-state index contributed by atoms with van der Waals surface area (Å²) in [5.74, 6) is -5.69. The zero-order valence-electron chi connectivity index (χ0n) is 15.2. The Morgan fingerprint density at radius 3 is 1.22 bits per heavy atom. The summed E-state index contributed by atoms with van der Waals surface area (Å²) in [6.45, 7) is 5.39. The van der Waals surface area contributed by atoms with Crippen LogP contribution in [0.1, 0.15) is 33.4 Å². The predicted molar refractivity (Wildman–Crippen MR) is 93.5 cm³/mol. The minimum atomic E-state index is -6.12. The summed E-state index contributed by atoms with van der Waals surface area (Å²) in [7, 11) is 0. The van der Waals surface area contributed by atoms with Gasteiger partial charge in [-0.1, -0.05) is 12.1 Å². The molecule has 0 atom stereocenters. The van der Waals surface area contributed by atoms with Crippen LogP contribution in [0.4, 0.5) is 37.7 Å². The first kappa shape index (κ1) is 20.9. The number of nitrogen functional groups attached to an aromatic ring is 2. The third-order valence-electron chi connectivity index (χ3n) is 5.19. The van der Waals surface area contributed by atoms with Crippen LogP contribution in [0.25, 0.3) is 0 Å². The highest BCUT2D eigenvalue weighted by Gasteiger charge is 2.73. The third-order valence-corrected chi connectivity index (χ3v) is 5.19. The summed E-state index contributed by atoms with van der Waals surface area (Å²) in [6.07, 6.45) is -6.12. The molecule has 0 fully saturated rings. The quantitative estimate of drug-likeness (QED) is 0.537. The largest absolute Gasteiger partial charge is 0.457 e. The molecule has 148 valence electrons. The van der Waals surface area contributed by atoms with Crippen molar-refractivity contribution >= 4 is 11.4 Å². The smallest absolute Gasteiger partial charge is 0.399 e. The fourth-order valence-corrected chi connectivity index (χ4v) is 3.11. The zero-order chi connectivity index (χ0) is 20.9. The molecular formula is C19H20F6N2. The van der Waals surface area contributed by atoms with Crippen LogP contribution in [0.15, 0.2) is 24.3 Å². The number of rotatable bonds is 3. The standard InChI is InChI=1S/C19H20F6N2/c1-9-11(3)15(26)7-5-13(9)17(20,18(21,22)19(23,24)25)14-6-8-16(27)12(4)10(14)2/h5-8H,26-27H2,1-4H3. The number of alkyl halides is 6. The number of nitrogens with two attached hydrogens (primary N) is 2. The van der Waals surface area contributed by atoms with Gasteiger partial charge in [-0.05, 0) is 62.1 Å². The molecular weight excluding hydrogens is 370 g/mol. The van der Waals surface area contributed by atoms with E-state index in [1.807, 2.05) is 0 Å². The number of hydrogen-bond donors (Lipinski definition) is 2. The Morgan fingerprint density at radius 1 is 0.593 bits per heavy atom. The molecule has 0 amide bonds. The van der Waals surface area contributed by atoms with Gasteiger partial charge in [0, 0.05) is 22.5 Å². The molecule has 0 heterocycles. The van der Waals surface area contributed by atoms with Crippen molar-refractivity contribution in [3.05, 3.63) is 57.6 Å². The highest BCUT2D eigenvalue weighted by molar-refractivity contribution is 5.60. The summed E-state index contributed by atoms with van der Waals surface area (Å²) in [6, 6.07) is 4.00. The lowest BCUT2D eigenvalue weighted by Gasteiger charge is -2.38. The van der Waals surface area contributed by atoms with Crippen molar-refractivity contribution in [3.8, 4) is 0 Å². The fourth-order valence-electron chi connectivity index (χ4n) is 3.11. The van der Waals surface area contributed by atoms with E-state index in [0.717, 1.165) is 24.3 Å². The number of hydrogen-bond acceptors (Lipinski definition) is 2. The molecule has 27 heavy (non-hydrogen) atoms. The van der Waals surface area contributed by atoms with E-state index in [-0.39, 0.29) is 33.6 Å². The van der Waals surface area contributed by atoms with E-state index in [9.17, 15) is 22.0 Å². The van der Waals surface area contributed by atoms with E-state index >= 15 is 4.39 Å². The van der Waals surface area contributed by atoms with Crippen molar-refractivity contribution in [3.63, 3.8) is 0 Å². The van der Waals surface area contributed by atoms with Crippen LogP contribution in [-0.4, -0.2) is 12.1 Å². The lowest BCUT2D eigenvalue weighted by Crippen LogP contribution is -2.53. The molecule has 2 aromatic carbocycles. The summed E-state index contributed by atoms with van der Waals surface area (Å²) in [4.78, 5) is 0. The maximum Gasteiger partial charge on any atom is 0.457 e. The summed E-state index contributed by atoms with van der Waals surface area (Å²) >= 11 is 0. The molecule has 8 heteroatoms. The molecule has 2 nitrogen and oxygen atoms in total. The summed E-state index contributed by atoms with van der Waals surface area (Å²) in [5.41, 5.74) is 6.30. The maximum atomic E-state index is 16.1. The van der Waals surface area contributed by atoms with Gasteiger partial charge in [0.25, 0.3) is 0 Å². The van der Waals surface area contributed by atoms with Gasteiger partial charge in [0.2, 0.25) is 5.67 Å². The Balaban J connectivity index is 3.00. The predicted octanol–water partition coefficient (Wildman–Crippen LogP) is 5.50. The fraction of sp³-hybridized carbons (Fsp3) is 0.368. The number of halogens is 6. The SMILES string of the molecule is Cc1c(N)ccc(C(F)(c2ccc(N)c(C)c2C)C(F)(F)C(F)(F)F)c1C. The van der Waals surface area contributed by atoms with E-state index in [4.69, 9.17) is 11.5 Å². The lowest BCUT2D eigenvalue weighted by atomic mass is 9.76. The zero-order valence-corrected chi connectivity index (χ0v) is 15.2. The Bertz CT molecular complexity index is 829. The van der Waals surface area contributed by atoms with Gasteiger partial charge in [0.1, 0.15) is 0 Å². The normalized spacial score (nSPS) is 13.1. The molecule has 0 saturated heterocycles. The molecule has 0 aromatic heterocycles. The van der Waals surface area contributed by atoms with Crippen molar-refractivity contribution < 1.29 is 26.3 Å². The van der Waals surface area contributed by atoms with Crippen molar-refractivity contribution in [1.82, 2.24) is 0 Å². The minimum Gasteiger partial charge on any atom is -0.399 e. The average Bonchev–Trinajstić information content (AvgIpc) is 2.56. The molecule has 0 spiro atoms. The molecule has 0 aliphatic carbocycles. The molecule has 0 bridgehead atoms. The molecule has 0 radical (unpaired) electrons. The van der Waals surface area contributed by atoms with Gasteiger partial charge >= 0.3 is 12.1 Å². The highest BCUT2D eigenvalue weighted by Crippen LogP contribution is 2.56. The molecule has 4 N–H and O–H groups in total. The second-order valence-corrected chi connectivity index (χ2v) is 6.64. The highest BCUT2D eigenvalue weighted by atomic mass is 19.4. The Kier molecular flexibility index (Phi) is 4.92. The van der Waals surface area contributed by atoms with Gasteiger partial charge in [-0.25, -0.2) is 4.39 Å². The average molecular weight is 390 g/mol. The molecule has 0 aliphatic heterocycles. The molecule has 0 unspecified atom stereocenters. The number of benzene rings is 2. The van der Waals surface area contributed by atoms with Crippen LogP contribution in [0.2, 0.25) is 0 Å². The van der Waals surface area contributed by atoms with E-state index < -0.39 is 28.9 Å². The lowest BCUT2D eigenvalue weighted by molar-refractivity contribution is -0.323. The molecule has 0 aliphatic rings. The molecule has 0 saturated carbocycles. The second kappa shape index (κ2) is 6.35. The Hall–Kier alpha value is -2.38. The van der Waals surface area contributed by atoms with Crippen molar-refractivity contribution in [2.24, 2.45) is 0 Å². The topological polar surface area (TPSA) is 52.0 Å². The van der Waals surface area contributed by atoms with E-state index in [0.29, 0.717) is 0 Å². The van der Waals surface area contributed by atoms with Crippen molar-refractivity contribution in [2.75, 3.05) is 11.5 Å². The van der Waals surface area contributed by atoms with E-state index in [1.54, 1.807) is 0 Å². The summed E-state index contributed by atoms with van der Waals surface area (Å²) < 4.78 is 85.2. The van der Waals surface area contributed by atoms with E-state index in [1.165, 1.54) is 27.7 Å². The molecule has 2 aromatic rings. The van der Waals surface area contributed by atoms with Gasteiger partial charge in [-0.15, -0.1) is 0 Å².